The highest BCUT2D eigenvalue weighted by Gasteiger charge is 2.08. The quantitative estimate of drug-likeness (QED) is 0.801. The first-order valence-electron chi connectivity index (χ1n) is 6.39. The Bertz CT molecular complexity index is 529. The minimum Gasteiger partial charge on any atom is -0.357 e. The van der Waals surface area contributed by atoms with Gasteiger partial charge in [0.1, 0.15) is 0 Å². The maximum atomic E-state index is 4.38. The molecule has 8 heteroatoms. The normalized spacial score (nSPS) is 12.2. The molecule has 20 heavy (non-hydrogen) atoms. The van der Waals surface area contributed by atoms with Gasteiger partial charge in [-0.15, -0.1) is 0 Å². The van der Waals surface area contributed by atoms with E-state index in [0.29, 0.717) is 23.8 Å². The van der Waals surface area contributed by atoms with E-state index in [-0.39, 0.29) is 0 Å². The number of nitrogens with one attached hydrogen (secondary N) is 2. The van der Waals surface area contributed by atoms with E-state index < -0.39 is 0 Å². The molecule has 0 aliphatic carbocycles. The van der Waals surface area contributed by atoms with Crippen LogP contribution in [-0.2, 0) is 0 Å². The average molecular weight is 293 g/mol. The van der Waals surface area contributed by atoms with Crippen molar-refractivity contribution in [2.24, 2.45) is 5.92 Å². The number of hydrogen-bond acceptors (Lipinski definition) is 7. The molecule has 1 unspecified atom stereocenters. The zero-order valence-corrected chi connectivity index (χ0v) is 12.7. The Hall–Kier alpha value is -1.83. The van der Waals surface area contributed by atoms with Gasteiger partial charge >= 0.3 is 0 Å². The molecule has 108 valence electrons. The summed E-state index contributed by atoms with van der Waals surface area (Å²) in [7, 11) is 1.78. The second kappa shape index (κ2) is 7.09. The van der Waals surface area contributed by atoms with Crippen molar-refractivity contribution in [3.8, 4) is 5.95 Å². The van der Waals surface area contributed by atoms with Gasteiger partial charge in [-0.25, -0.2) is 4.68 Å². The largest absolute Gasteiger partial charge is 0.357 e. The zero-order valence-electron chi connectivity index (χ0n) is 11.9. The monoisotopic (exact) mass is 293 g/mol. The number of nitrogens with zero attached hydrogens (tertiary/aromatic N) is 5. The molecule has 0 radical (unpaired) electrons. The Morgan fingerprint density at radius 2 is 2.10 bits per heavy atom. The van der Waals surface area contributed by atoms with Crippen LogP contribution in [0.1, 0.15) is 6.92 Å². The molecule has 0 bridgehead atoms. The van der Waals surface area contributed by atoms with Crippen molar-refractivity contribution in [2.75, 3.05) is 36.2 Å². The van der Waals surface area contributed by atoms with Gasteiger partial charge in [-0.05, 0) is 24.0 Å². The molecule has 7 nitrogen and oxygen atoms in total. The van der Waals surface area contributed by atoms with E-state index in [1.165, 1.54) is 0 Å². The first-order chi connectivity index (χ1) is 9.72. The van der Waals surface area contributed by atoms with Crippen LogP contribution in [0.4, 0.5) is 11.9 Å². The van der Waals surface area contributed by atoms with Gasteiger partial charge in [0.25, 0.3) is 5.95 Å². The number of rotatable bonds is 7. The van der Waals surface area contributed by atoms with Crippen LogP contribution in [0.2, 0.25) is 0 Å². The van der Waals surface area contributed by atoms with Crippen LogP contribution in [0.3, 0.4) is 0 Å². The Morgan fingerprint density at radius 3 is 2.75 bits per heavy atom. The first kappa shape index (κ1) is 14.6. The van der Waals surface area contributed by atoms with Crippen molar-refractivity contribution in [1.82, 2.24) is 24.7 Å². The molecule has 2 rings (SSSR count). The molecule has 0 aliphatic rings. The third-order valence-corrected chi connectivity index (χ3v) is 3.52. The molecule has 0 aliphatic heterocycles. The van der Waals surface area contributed by atoms with E-state index in [1.54, 1.807) is 24.1 Å². The molecular formula is C12H19N7S. The Labute approximate surface area is 122 Å². The van der Waals surface area contributed by atoms with Gasteiger partial charge < -0.3 is 10.6 Å². The molecule has 0 saturated heterocycles. The number of hydrogen-bond donors (Lipinski definition) is 2. The summed E-state index contributed by atoms with van der Waals surface area (Å²) in [5.74, 6) is 3.22. The third kappa shape index (κ3) is 3.83. The van der Waals surface area contributed by atoms with Crippen LogP contribution in [0.5, 0.6) is 0 Å². The molecule has 0 amide bonds. The summed E-state index contributed by atoms with van der Waals surface area (Å²) in [5.41, 5.74) is 0. The highest BCUT2D eigenvalue weighted by molar-refractivity contribution is 7.98. The minimum atomic E-state index is 0.495. The second-order valence-electron chi connectivity index (χ2n) is 4.42. The van der Waals surface area contributed by atoms with E-state index in [4.69, 9.17) is 0 Å². The summed E-state index contributed by atoms with van der Waals surface area (Å²) < 4.78 is 1.61. The van der Waals surface area contributed by atoms with Crippen LogP contribution >= 0.6 is 11.8 Å². The Morgan fingerprint density at radius 1 is 1.30 bits per heavy atom. The minimum absolute atomic E-state index is 0.495. The topological polar surface area (TPSA) is 80.5 Å². The molecule has 2 N–H and O–H groups in total. The molecule has 0 aromatic carbocycles. The van der Waals surface area contributed by atoms with E-state index >= 15 is 0 Å². The highest BCUT2D eigenvalue weighted by atomic mass is 32.2. The first-order valence-corrected chi connectivity index (χ1v) is 7.79. The third-order valence-electron chi connectivity index (χ3n) is 2.62. The summed E-state index contributed by atoms with van der Waals surface area (Å²) in [6, 6.07) is 1.83. The van der Waals surface area contributed by atoms with Gasteiger partial charge in [0.05, 0.1) is 0 Å². The van der Waals surface area contributed by atoms with Gasteiger partial charge in [0.15, 0.2) is 0 Å². The Kier molecular flexibility index (Phi) is 5.16. The van der Waals surface area contributed by atoms with Crippen LogP contribution < -0.4 is 10.6 Å². The lowest BCUT2D eigenvalue weighted by Crippen LogP contribution is -2.17. The maximum absolute atomic E-state index is 4.38. The molecule has 0 saturated carbocycles. The van der Waals surface area contributed by atoms with Crippen LogP contribution in [0, 0.1) is 5.92 Å². The molecule has 1 atom stereocenters. The van der Waals surface area contributed by atoms with Crippen molar-refractivity contribution in [3.05, 3.63) is 18.5 Å². The highest BCUT2D eigenvalue weighted by Crippen LogP contribution is 2.10. The van der Waals surface area contributed by atoms with Crippen LogP contribution in [0.15, 0.2) is 18.5 Å². The summed E-state index contributed by atoms with van der Waals surface area (Å²) in [6.45, 7) is 3.02. The lowest BCUT2D eigenvalue weighted by Gasteiger charge is -2.12. The number of aromatic nitrogens is 5. The van der Waals surface area contributed by atoms with Crippen molar-refractivity contribution in [2.45, 2.75) is 6.92 Å². The predicted molar refractivity (Wildman–Crippen MR) is 82.5 cm³/mol. The van der Waals surface area contributed by atoms with E-state index in [1.807, 2.05) is 17.8 Å². The van der Waals surface area contributed by atoms with Crippen LogP contribution in [0.25, 0.3) is 5.95 Å². The molecule has 0 spiro atoms. The van der Waals surface area contributed by atoms with Crippen molar-refractivity contribution >= 4 is 23.7 Å². The fourth-order valence-corrected chi connectivity index (χ4v) is 2.34. The summed E-state index contributed by atoms with van der Waals surface area (Å²) >= 11 is 1.83. The van der Waals surface area contributed by atoms with Crippen molar-refractivity contribution in [3.63, 3.8) is 0 Å². The standard InChI is InChI=1S/C12H19N7S/c1-9(8-20-3)7-14-11-16-10(13-2)17-12(18-11)19-6-4-5-15-19/h4-6,9H,7-8H2,1-3H3,(H2,13,14,16,17,18). The smallest absolute Gasteiger partial charge is 0.257 e. The van der Waals surface area contributed by atoms with E-state index in [2.05, 4.69) is 43.9 Å². The summed E-state index contributed by atoms with van der Waals surface area (Å²) in [6.07, 6.45) is 5.60. The SMILES string of the molecule is CNc1nc(NCC(C)CSC)nc(-n2cccn2)n1. The van der Waals surface area contributed by atoms with E-state index in [9.17, 15) is 0 Å². The molecular weight excluding hydrogens is 274 g/mol. The predicted octanol–water partition coefficient (Wildman–Crippen LogP) is 1.51. The molecule has 2 aromatic rings. The van der Waals surface area contributed by atoms with Crippen molar-refractivity contribution < 1.29 is 0 Å². The second-order valence-corrected chi connectivity index (χ2v) is 5.34. The van der Waals surface area contributed by atoms with Crippen molar-refractivity contribution in [1.29, 1.82) is 0 Å². The number of thioether (sulfide) groups is 1. The maximum Gasteiger partial charge on any atom is 0.257 e. The van der Waals surface area contributed by atoms with Gasteiger partial charge in [-0.3, -0.25) is 0 Å². The lowest BCUT2D eigenvalue weighted by molar-refractivity contribution is 0.694. The average Bonchev–Trinajstić information content (AvgIpc) is 2.99. The van der Waals surface area contributed by atoms with Gasteiger partial charge in [0.2, 0.25) is 11.9 Å². The fraction of sp³-hybridized carbons (Fsp3) is 0.500. The zero-order chi connectivity index (χ0) is 14.4. The van der Waals surface area contributed by atoms with Gasteiger partial charge in [-0.2, -0.15) is 31.8 Å². The molecule has 0 fully saturated rings. The Balaban J connectivity index is 2.14. The number of anilines is 2. The summed E-state index contributed by atoms with van der Waals surface area (Å²) in [4.78, 5) is 13.0. The van der Waals surface area contributed by atoms with Gasteiger partial charge in [-0.1, -0.05) is 6.92 Å². The molecule has 2 heterocycles. The summed E-state index contributed by atoms with van der Waals surface area (Å²) in [5, 5.41) is 10.3. The lowest BCUT2D eigenvalue weighted by atomic mass is 10.2. The van der Waals surface area contributed by atoms with E-state index in [0.717, 1.165) is 12.3 Å². The van der Waals surface area contributed by atoms with Crippen LogP contribution in [-0.4, -0.2) is 50.3 Å². The van der Waals surface area contributed by atoms with Gasteiger partial charge in [0, 0.05) is 26.0 Å². The fourth-order valence-electron chi connectivity index (χ4n) is 1.65. The molecule has 2 aromatic heterocycles.